The van der Waals surface area contributed by atoms with E-state index in [0.717, 1.165) is 72.3 Å². The van der Waals surface area contributed by atoms with Gasteiger partial charge in [0.2, 0.25) is 11.8 Å². The molecule has 0 saturated carbocycles. The first-order valence-corrected chi connectivity index (χ1v) is 17.3. The van der Waals surface area contributed by atoms with Gasteiger partial charge < -0.3 is 24.0 Å². The normalized spacial score (nSPS) is 15.7. The van der Waals surface area contributed by atoms with Crippen molar-refractivity contribution in [2.24, 2.45) is 18.9 Å². The molecule has 254 valence electrons. The molecule has 5 aromatic rings. The monoisotopic (exact) mass is 659 g/mol. The summed E-state index contributed by atoms with van der Waals surface area (Å²) >= 11 is 0. The summed E-state index contributed by atoms with van der Waals surface area (Å²) < 4.78 is 20.1. The highest BCUT2D eigenvalue weighted by Gasteiger charge is 2.38. The number of benzene rings is 3. The van der Waals surface area contributed by atoms with Crippen LogP contribution in [0.4, 0.5) is 10.5 Å². The number of likely N-dealkylation sites (tertiary alicyclic amines) is 1. The summed E-state index contributed by atoms with van der Waals surface area (Å²) in [5, 5.41) is 6.09. The molecular formula is C40H45N5O4. The molecule has 9 nitrogen and oxygen atoms in total. The molecular weight excluding hydrogens is 614 g/mol. The van der Waals surface area contributed by atoms with Crippen molar-refractivity contribution in [3.05, 3.63) is 102 Å². The second-order valence-electron chi connectivity index (χ2n) is 14.2. The number of rotatable bonds is 9. The molecule has 0 N–H and O–H groups in total. The van der Waals surface area contributed by atoms with Crippen LogP contribution in [0.3, 0.4) is 0 Å². The van der Waals surface area contributed by atoms with Gasteiger partial charge in [0.25, 0.3) is 0 Å². The molecule has 0 bridgehead atoms. The number of fused-ring (bicyclic) bond motifs is 1. The van der Waals surface area contributed by atoms with Crippen molar-refractivity contribution in [3.8, 4) is 23.0 Å². The van der Waals surface area contributed by atoms with Crippen LogP contribution in [-0.2, 0) is 25.0 Å². The Morgan fingerprint density at radius 1 is 0.796 bits per heavy atom. The molecule has 0 atom stereocenters. The van der Waals surface area contributed by atoms with Crippen LogP contribution >= 0.6 is 0 Å². The van der Waals surface area contributed by atoms with Crippen LogP contribution in [0.1, 0.15) is 44.7 Å². The Morgan fingerprint density at radius 2 is 1.45 bits per heavy atom. The molecule has 2 fully saturated rings. The van der Waals surface area contributed by atoms with Crippen molar-refractivity contribution in [2.75, 3.05) is 31.1 Å². The zero-order valence-corrected chi connectivity index (χ0v) is 28.8. The Balaban J connectivity index is 1.09. The highest BCUT2D eigenvalue weighted by atomic mass is 16.6. The molecule has 0 spiro atoms. The molecule has 7 rings (SSSR count). The van der Waals surface area contributed by atoms with Crippen LogP contribution in [-0.4, -0.2) is 57.5 Å². The maximum absolute atomic E-state index is 12.6. The minimum Gasteiger partial charge on any atom is -0.473 e. The van der Waals surface area contributed by atoms with Crippen LogP contribution in [0.2, 0.25) is 0 Å². The third kappa shape index (κ3) is 7.36. The molecule has 3 aromatic carbocycles. The van der Waals surface area contributed by atoms with Crippen molar-refractivity contribution >= 4 is 22.7 Å². The number of hydrogen-bond acceptors (Lipinski definition) is 7. The van der Waals surface area contributed by atoms with Gasteiger partial charge in [0, 0.05) is 44.7 Å². The van der Waals surface area contributed by atoms with E-state index in [1.165, 1.54) is 5.69 Å². The van der Waals surface area contributed by atoms with Gasteiger partial charge in [-0.25, -0.2) is 4.79 Å². The van der Waals surface area contributed by atoms with E-state index >= 15 is 0 Å². The fraction of sp³-hybridized carbons (Fsp3) is 0.375. The maximum atomic E-state index is 12.6. The number of carbonyl (C=O) groups is 1. The average molecular weight is 660 g/mol. The van der Waals surface area contributed by atoms with E-state index in [1.54, 1.807) is 0 Å². The number of anilines is 1. The van der Waals surface area contributed by atoms with Crippen molar-refractivity contribution in [3.63, 3.8) is 0 Å². The van der Waals surface area contributed by atoms with Crippen LogP contribution < -0.4 is 14.4 Å². The largest absolute Gasteiger partial charge is 0.473 e. The van der Waals surface area contributed by atoms with Crippen molar-refractivity contribution in [2.45, 2.75) is 52.4 Å². The number of aryl methyl sites for hydroxylation is 1. The van der Waals surface area contributed by atoms with E-state index in [0.29, 0.717) is 36.8 Å². The number of carbonyl (C=O) groups excluding carboxylic acids is 1. The Hall–Kier alpha value is -5.05. The number of pyridine rings is 1. The topological polar surface area (TPSA) is 82.0 Å². The fourth-order valence-corrected chi connectivity index (χ4v) is 6.91. The number of nitrogens with zero attached hydrogens (tertiary/aromatic N) is 5. The van der Waals surface area contributed by atoms with Gasteiger partial charge in [-0.1, -0.05) is 72.8 Å². The first-order valence-electron chi connectivity index (χ1n) is 17.3. The smallest absolute Gasteiger partial charge is 0.410 e. The van der Waals surface area contributed by atoms with Gasteiger partial charge in [0.15, 0.2) is 0 Å². The van der Waals surface area contributed by atoms with Gasteiger partial charge in [0.1, 0.15) is 24.5 Å². The summed E-state index contributed by atoms with van der Waals surface area (Å²) in [5.74, 6) is 2.20. The van der Waals surface area contributed by atoms with Gasteiger partial charge in [-0.2, -0.15) is 10.1 Å². The third-order valence-electron chi connectivity index (χ3n) is 9.49. The van der Waals surface area contributed by atoms with Gasteiger partial charge in [-0.05, 0) is 68.7 Å². The SMILES string of the molecule is Cn1nc(-c2ccc(OCc3ccccc3)nc2OCc2ccccc2)c2cccc(N3CC(C4CCN(C(=O)OC(C)(C)C)CC4)C3)c21. The van der Waals surface area contributed by atoms with Crippen LogP contribution in [0.25, 0.3) is 22.2 Å². The van der Waals surface area contributed by atoms with Crippen molar-refractivity contribution in [1.82, 2.24) is 19.7 Å². The first-order chi connectivity index (χ1) is 23.7. The number of amides is 1. The van der Waals surface area contributed by atoms with Crippen LogP contribution in [0.15, 0.2) is 91.0 Å². The molecule has 2 saturated heterocycles. The lowest BCUT2D eigenvalue weighted by Crippen LogP contribution is -2.53. The predicted molar refractivity (Wildman–Crippen MR) is 192 cm³/mol. The molecule has 9 heteroatoms. The van der Waals surface area contributed by atoms with Gasteiger partial charge >= 0.3 is 6.09 Å². The Kier molecular flexibility index (Phi) is 9.17. The maximum Gasteiger partial charge on any atom is 0.410 e. The summed E-state index contributed by atoms with van der Waals surface area (Å²) in [6.07, 6.45) is 1.83. The summed E-state index contributed by atoms with van der Waals surface area (Å²) in [6, 6.07) is 30.5. The summed E-state index contributed by atoms with van der Waals surface area (Å²) in [4.78, 5) is 21.7. The predicted octanol–water partition coefficient (Wildman–Crippen LogP) is 7.88. The van der Waals surface area contributed by atoms with Crippen LogP contribution in [0, 0.1) is 11.8 Å². The van der Waals surface area contributed by atoms with Gasteiger partial charge in [0.05, 0.1) is 16.8 Å². The zero-order valence-electron chi connectivity index (χ0n) is 28.8. The number of hydrogen-bond donors (Lipinski definition) is 0. The quantitative estimate of drug-likeness (QED) is 0.159. The minimum atomic E-state index is -0.470. The van der Waals surface area contributed by atoms with E-state index in [2.05, 4.69) is 23.1 Å². The van der Waals surface area contributed by atoms with E-state index in [-0.39, 0.29) is 6.09 Å². The Morgan fingerprint density at radius 3 is 2.10 bits per heavy atom. The number of aromatic nitrogens is 3. The van der Waals surface area contributed by atoms with Gasteiger partial charge in [-0.15, -0.1) is 0 Å². The van der Waals surface area contributed by atoms with Crippen LogP contribution in [0.5, 0.6) is 11.8 Å². The Bertz CT molecular complexity index is 1890. The number of ether oxygens (including phenoxy) is 3. The molecule has 2 aromatic heterocycles. The molecule has 1 amide bonds. The second kappa shape index (κ2) is 13.8. The molecule has 49 heavy (non-hydrogen) atoms. The average Bonchev–Trinajstić information content (AvgIpc) is 3.42. The molecule has 0 radical (unpaired) electrons. The third-order valence-corrected chi connectivity index (χ3v) is 9.49. The molecule has 2 aliphatic heterocycles. The number of para-hydroxylation sites is 1. The highest BCUT2D eigenvalue weighted by molar-refractivity contribution is 6.01. The van der Waals surface area contributed by atoms with Crippen molar-refractivity contribution in [1.29, 1.82) is 0 Å². The van der Waals surface area contributed by atoms with Gasteiger partial charge in [-0.3, -0.25) is 4.68 Å². The lowest BCUT2D eigenvalue weighted by Gasteiger charge is -2.47. The molecule has 2 aliphatic rings. The summed E-state index contributed by atoms with van der Waals surface area (Å²) in [7, 11) is 2.01. The number of piperidine rings is 1. The van der Waals surface area contributed by atoms with E-state index < -0.39 is 5.60 Å². The lowest BCUT2D eigenvalue weighted by molar-refractivity contribution is 0.0151. The Labute approximate surface area is 288 Å². The first kappa shape index (κ1) is 32.5. The lowest BCUT2D eigenvalue weighted by atomic mass is 9.79. The fourth-order valence-electron chi connectivity index (χ4n) is 6.91. The minimum absolute atomic E-state index is 0.196. The molecule has 0 unspecified atom stereocenters. The second-order valence-corrected chi connectivity index (χ2v) is 14.2. The zero-order chi connectivity index (χ0) is 34.0. The standard InChI is InChI=1S/C40H45N5O4/c1-40(2,3)49-39(46)44-22-20-30(21-23-44)31-24-45(25-31)34-17-11-16-32-36(42-43(4)37(32)34)33-18-19-35(47-26-28-12-7-5-8-13-28)41-38(33)48-27-29-14-9-6-10-15-29/h5-19,30-31H,20-27H2,1-4H3. The summed E-state index contributed by atoms with van der Waals surface area (Å²) in [5.41, 5.74) is 5.59. The molecule has 4 heterocycles. The van der Waals surface area contributed by atoms with E-state index in [4.69, 9.17) is 24.3 Å². The highest BCUT2D eigenvalue weighted by Crippen LogP contribution is 2.41. The summed E-state index contributed by atoms with van der Waals surface area (Å²) in [6.45, 7) is 10.1. The van der Waals surface area contributed by atoms with E-state index in [1.807, 2.05) is 110 Å². The van der Waals surface area contributed by atoms with E-state index in [9.17, 15) is 4.79 Å². The van der Waals surface area contributed by atoms with Crippen molar-refractivity contribution < 1.29 is 19.0 Å². The molecule has 0 aliphatic carbocycles.